The fourth-order valence-corrected chi connectivity index (χ4v) is 1.95. The molecule has 0 radical (unpaired) electrons. The van der Waals surface area contributed by atoms with Gasteiger partial charge >= 0.3 is 0 Å². The molecule has 0 unspecified atom stereocenters. The topological polar surface area (TPSA) is 64.4 Å². The van der Waals surface area contributed by atoms with Crippen LogP contribution in [-0.2, 0) is 6.42 Å². The Morgan fingerprint density at radius 3 is 2.50 bits per heavy atom. The third kappa shape index (κ3) is 3.47. The molecule has 0 saturated heterocycles. The first-order valence-electron chi connectivity index (χ1n) is 6.31. The van der Waals surface area contributed by atoms with Crippen molar-refractivity contribution in [2.24, 2.45) is 0 Å². The number of nitrogens with zero attached hydrogens (tertiary/aromatic N) is 1. The molecule has 0 aliphatic rings. The van der Waals surface area contributed by atoms with Crippen LogP contribution in [0.4, 0.5) is 11.4 Å². The summed E-state index contributed by atoms with van der Waals surface area (Å²) >= 11 is 0. The van der Waals surface area contributed by atoms with E-state index in [-0.39, 0.29) is 10.6 Å². The molecule has 2 rings (SSSR count). The molecule has 0 fully saturated rings. The molecule has 0 heterocycles. The largest absolute Gasteiger partial charge is 0.497 e. The van der Waals surface area contributed by atoms with E-state index in [4.69, 9.17) is 4.74 Å². The molecule has 20 heavy (non-hydrogen) atoms. The first kappa shape index (κ1) is 13.9. The molecule has 0 aliphatic carbocycles. The van der Waals surface area contributed by atoms with Crippen LogP contribution in [0.1, 0.15) is 5.56 Å². The number of ether oxygens (including phenoxy) is 1. The van der Waals surface area contributed by atoms with Crippen LogP contribution in [0.5, 0.6) is 5.75 Å². The molecule has 104 valence electrons. The fraction of sp³-hybridized carbons (Fsp3) is 0.200. The van der Waals surface area contributed by atoms with Gasteiger partial charge in [-0.15, -0.1) is 0 Å². The normalized spacial score (nSPS) is 10.1. The minimum absolute atomic E-state index is 0.170. The van der Waals surface area contributed by atoms with E-state index in [1.807, 2.05) is 30.3 Å². The average Bonchev–Trinajstić information content (AvgIpc) is 2.48. The van der Waals surface area contributed by atoms with Crippen molar-refractivity contribution in [3.05, 3.63) is 64.2 Å². The van der Waals surface area contributed by atoms with Crippen LogP contribution in [0, 0.1) is 10.1 Å². The maximum absolute atomic E-state index is 10.9. The summed E-state index contributed by atoms with van der Waals surface area (Å²) in [6.07, 6.45) is 0.600. The second-order valence-electron chi connectivity index (χ2n) is 4.29. The maximum Gasteiger partial charge on any atom is 0.272 e. The second-order valence-corrected chi connectivity index (χ2v) is 4.29. The highest BCUT2D eigenvalue weighted by Gasteiger charge is 2.11. The zero-order chi connectivity index (χ0) is 14.4. The van der Waals surface area contributed by atoms with Gasteiger partial charge in [-0.05, 0) is 30.7 Å². The zero-order valence-corrected chi connectivity index (χ0v) is 11.2. The molecule has 2 aromatic rings. The summed E-state index contributed by atoms with van der Waals surface area (Å²) in [7, 11) is 1.62. The molecule has 5 heteroatoms. The Bertz CT molecular complexity index is 582. The number of anilines is 1. The van der Waals surface area contributed by atoms with Gasteiger partial charge in [0.15, 0.2) is 0 Å². The van der Waals surface area contributed by atoms with Gasteiger partial charge in [0.2, 0.25) is 0 Å². The molecule has 1 N–H and O–H groups in total. The van der Waals surface area contributed by atoms with Gasteiger partial charge in [-0.1, -0.05) is 18.2 Å². The summed E-state index contributed by atoms with van der Waals surface area (Å²) in [6, 6.07) is 14.4. The molecule has 0 spiro atoms. The highest BCUT2D eigenvalue weighted by molar-refractivity contribution is 5.47. The van der Waals surface area contributed by atoms with Gasteiger partial charge in [0.05, 0.1) is 12.0 Å². The van der Waals surface area contributed by atoms with Gasteiger partial charge in [-0.3, -0.25) is 10.1 Å². The molecule has 0 amide bonds. The number of hydrogen-bond donors (Lipinski definition) is 1. The Kier molecular flexibility index (Phi) is 4.55. The van der Waals surface area contributed by atoms with Gasteiger partial charge in [0.1, 0.15) is 5.75 Å². The van der Waals surface area contributed by atoms with E-state index in [9.17, 15) is 10.1 Å². The number of benzene rings is 2. The van der Waals surface area contributed by atoms with Crippen LogP contribution in [0.3, 0.4) is 0 Å². The summed E-state index contributed by atoms with van der Waals surface area (Å²) in [5.74, 6) is 0.800. The first-order valence-corrected chi connectivity index (χ1v) is 6.31. The van der Waals surface area contributed by atoms with Crippen LogP contribution < -0.4 is 10.1 Å². The lowest BCUT2D eigenvalue weighted by molar-refractivity contribution is -0.385. The Morgan fingerprint density at radius 2 is 1.85 bits per heavy atom. The predicted octanol–water partition coefficient (Wildman–Crippen LogP) is 3.26. The number of nitro benzene ring substituents is 1. The van der Waals surface area contributed by atoms with Crippen molar-refractivity contribution in [1.29, 1.82) is 0 Å². The number of para-hydroxylation sites is 1. The van der Waals surface area contributed by atoms with E-state index >= 15 is 0 Å². The van der Waals surface area contributed by atoms with Crippen LogP contribution in [0.25, 0.3) is 0 Å². The summed E-state index contributed by atoms with van der Waals surface area (Å²) in [5, 5.41) is 14.1. The summed E-state index contributed by atoms with van der Waals surface area (Å²) in [4.78, 5) is 10.6. The predicted molar refractivity (Wildman–Crippen MR) is 78.3 cm³/mol. The smallest absolute Gasteiger partial charge is 0.272 e. The third-order valence-corrected chi connectivity index (χ3v) is 3.00. The third-order valence-electron chi connectivity index (χ3n) is 3.00. The van der Waals surface area contributed by atoms with Crippen molar-refractivity contribution in [2.75, 3.05) is 19.0 Å². The molecule has 2 aromatic carbocycles. The SMILES string of the molecule is COc1ccc(NCCc2ccccc2[N+](=O)[O-])cc1. The number of methoxy groups -OCH3 is 1. The van der Waals surface area contributed by atoms with Gasteiger partial charge < -0.3 is 10.1 Å². The summed E-state index contributed by atoms with van der Waals surface area (Å²) in [6.45, 7) is 0.636. The molecule has 0 aromatic heterocycles. The standard InChI is InChI=1S/C15H16N2O3/c1-20-14-8-6-13(7-9-14)16-11-10-12-4-2-3-5-15(12)17(18)19/h2-9,16H,10-11H2,1H3. The number of hydrogen-bond acceptors (Lipinski definition) is 4. The van der Waals surface area contributed by atoms with E-state index in [0.717, 1.165) is 17.0 Å². The lowest BCUT2D eigenvalue weighted by Gasteiger charge is -2.07. The summed E-state index contributed by atoms with van der Waals surface area (Å²) in [5.41, 5.74) is 1.87. The van der Waals surface area contributed by atoms with E-state index in [2.05, 4.69) is 5.32 Å². The Hall–Kier alpha value is -2.56. The van der Waals surface area contributed by atoms with Crippen LogP contribution in [-0.4, -0.2) is 18.6 Å². The monoisotopic (exact) mass is 272 g/mol. The average molecular weight is 272 g/mol. The van der Waals surface area contributed by atoms with Crippen molar-refractivity contribution >= 4 is 11.4 Å². The van der Waals surface area contributed by atoms with Crippen molar-refractivity contribution in [2.45, 2.75) is 6.42 Å². The van der Waals surface area contributed by atoms with Crippen LogP contribution in [0.15, 0.2) is 48.5 Å². The van der Waals surface area contributed by atoms with Crippen molar-refractivity contribution < 1.29 is 9.66 Å². The van der Waals surface area contributed by atoms with E-state index < -0.39 is 0 Å². The Morgan fingerprint density at radius 1 is 1.15 bits per heavy atom. The molecule has 0 saturated carbocycles. The van der Waals surface area contributed by atoms with Crippen LogP contribution in [0.2, 0.25) is 0 Å². The maximum atomic E-state index is 10.9. The Balaban J connectivity index is 1.94. The highest BCUT2D eigenvalue weighted by Crippen LogP contribution is 2.19. The number of nitrogens with one attached hydrogen (secondary N) is 1. The zero-order valence-electron chi connectivity index (χ0n) is 11.2. The molecule has 0 bridgehead atoms. The van der Waals surface area contributed by atoms with E-state index in [1.165, 1.54) is 6.07 Å². The quantitative estimate of drug-likeness (QED) is 0.647. The minimum Gasteiger partial charge on any atom is -0.497 e. The lowest BCUT2D eigenvalue weighted by atomic mass is 10.1. The highest BCUT2D eigenvalue weighted by atomic mass is 16.6. The molecule has 0 atom stereocenters. The molecular formula is C15H16N2O3. The Labute approximate surface area is 117 Å². The van der Waals surface area contributed by atoms with Gasteiger partial charge in [0, 0.05) is 23.9 Å². The van der Waals surface area contributed by atoms with E-state index in [0.29, 0.717) is 13.0 Å². The number of rotatable bonds is 6. The number of nitro groups is 1. The summed E-state index contributed by atoms with van der Waals surface area (Å²) < 4.78 is 5.08. The van der Waals surface area contributed by atoms with Crippen molar-refractivity contribution in [1.82, 2.24) is 0 Å². The molecule has 0 aliphatic heterocycles. The lowest BCUT2D eigenvalue weighted by Crippen LogP contribution is -2.06. The van der Waals surface area contributed by atoms with Crippen LogP contribution >= 0.6 is 0 Å². The fourth-order valence-electron chi connectivity index (χ4n) is 1.95. The van der Waals surface area contributed by atoms with Gasteiger partial charge in [-0.25, -0.2) is 0 Å². The molecule has 5 nitrogen and oxygen atoms in total. The molecular weight excluding hydrogens is 256 g/mol. The minimum atomic E-state index is -0.345. The van der Waals surface area contributed by atoms with Crippen molar-refractivity contribution in [3.8, 4) is 5.75 Å². The van der Waals surface area contributed by atoms with Gasteiger partial charge in [0.25, 0.3) is 5.69 Å². The second kappa shape index (κ2) is 6.56. The van der Waals surface area contributed by atoms with Crippen molar-refractivity contribution in [3.63, 3.8) is 0 Å². The first-order chi connectivity index (χ1) is 9.70. The van der Waals surface area contributed by atoms with Gasteiger partial charge in [-0.2, -0.15) is 0 Å². The van der Waals surface area contributed by atoms with E-state index in [1.54, 1.807) is 19.2 Å².